The van der Waals surface area contributed by atoms with Gasteiger partial charge in [-0.2, -0.15) is 0 Å². The first kappa shape index (κ1) is 15.3. The minimum absolute atomic E-state index is 0.312. The molecule has 0 aliphatic carbocycles. The number of aromatic nitrogens is 2. The second-order valence-electron chi connectivity index (χ2n) is 5.01. The molecule has 1 heterocycles. The summed E-state index contributed by atoms with van der Waals surface area (Å²) in [5.41, 5.74) is 7.35. The lowest BCUT2D eigenvalue weighted by Gasteiger charge is -2.10. The number of urea groups is 1. The first-order valence-electron chi connectivity index (χ1n) is 7.19. The zero-order valence-corrected chi connectivity index (χ0v) is 12.6. The molecule has 24 heavy (non-hydrogen) atoms. The van der Waals surface area contributed by atoms with Crippen LogP contribution in [0.5, 0.6) is 0 Å². The lowest BCUT2D eigenvalue weighted by molar-refractivity contribution is 0.102. The SMILES string of the molecule is NC(=O)Nc1cccc(NC(=O)c2cncn2-c2ccccc2)c1. The number of para-hydroxylation sites is 1. The molecule has 3 aromatic rings. The molecule has 0 radical (unpaired) electrons. The Balaban J connectivity index is 1.82. The van der Waals surface area contributed by atoms with Crippen LogP contribution >= 0.6 is 0 Å². The summed E-state index contributed by atoms with van der Waals surface area (Å²) in [6.07, 6.45) is 3.07. The van der Waals surface area contributed by atoms with Crippen molar-refractivity contribution in [2.24, 2.45) is 5.73 Å². The number of carbonyl (C=O) groups is 2. The van der Waals surface area contributed by atoms with Crippen molar-refractivity contribution in [1.82, 2.24) is 9.55 Å². The van der Waals surface area contributed by atoms with Gasteiger partial charge in [-0.15, -0.1) is 0 Å². The van der Waals surface area contributed by atoms with Crippen LogP contribution in [0.15, 0.2) is 67.1 Å². The van der Waals surface area contributed by atoms with Crippen LogP contribution in [0.2, 0.25) is 0 Å². The van der Waals surface area contributed by atoms with Crippen molar-refractivity contribution in [2.45, 2.75) is 0 Å². The molecule has 120 valence electrons. The van der Waals surface area contributed by atoms with E-state index in [2.05, 4.69) is 15.6 Å². The first-order valence-corrected chi connectivity index (χ1v) is 7.19. The third kappa shape index (κ3) is 3.41. The van der Waals surface area contributed by atoms with E-state index in [1.807, 2.05) is 30.3 Å². The molecular formula is C17H15N5O2. The Morgan fingerprint density at radius 3 is 2.38 bits per heavy atom. The van der Waals surface area contributed by atoms with E-state index < -0.39 is 6.03 Å². The number of hydrogen-bond acceptors (Lipinski definition) is 3. The molecular weight excluding hydrogens is 306 g/mol. The lowest BCUT2D eigenvalue weighted by atomic mass is 10.2. The summed E-state index contributed by atoms with van der Waals surface area (Å²) in [5.74, 6) is -0.312. The predicted molar refractivity (Wildman–Crippen MR) is 91.2 cm³/mol. The van der Waals surface area contributed by atoms with Gasteiger partial charge < -0.3 is 16.4 Å². The molecule has 3 amide bonds. The van der Waals surface area contributed by atoms with E-state index in [0.717, 1.165) is 5.69 Å². The van der Waals surface area contributed by atoms with E-state index in [0.29, 0.717) is 17.1 Å². The monoisotopic (exact) mass is 321 g/mol. The highest BCUT2D eigenvalue weighted by molar-refractivity contribution is 6.03. The van der Waals surface area contributed by atoms with Gasteiger partial charge in [-0.05, 0) is 30.3 Å². The minimum atomic E-state index is -0.666. The van der Waals surface area contributed by atoms with E-state index in [-0.39, 0.29) is 5.91 Å². The number of nitrogens with one attached hydrogen (secondary N) is 2. The van der Waals surface area contributed by atoms with Crippen LogP contribution in [0.25, 0.3) is 5.69 Å². The molecule has 0 saturated carbocycles. The van der Waals surface area contributed by atoms with Crippen LogP contribution in [0.4, 0.5) is 16.2 Å². The summed E-state index contributed by atoms with van der Waals surface area (Å²) in [6, 6.07) is 15.5. The summed E-state index contributed by atoms with van der Waals surface area (Å²) < 4.78 is 1.70. The fourth-order valence-electron chi connectivity index (χ4n) is 2.27. The maximum absolute atomic E-state index is 12.5. The van der Waals surface area contributed by atoms with Gasteiger partial charge in [0.1, 0.15) is 5.69 Å². The molecule has 0 atom stereocenters. The molecule has 1 aromatic heterocycles. The normalized spacial score (nSPS) is 10.2. The Morgan fingerprint density at radius 2 is 1.67 bits per heavy atom. The van der Waals surface area contributed by atoms with Gasteiger partial charge >= 0.3 is 6.03 Å². The molecule has 0 fully saturated rings. The molecule has 0 saturated heterocycles. The van der Waals surface area contributed by atoms with Gasteiger partial charge in [0.15, 0.2) is 0 Å². The quantitative estimate of drug-likeness (QED) is 0.688. The molecule has 0 bridgehead atoms. The fraction of sp³-hybridized carbons (Fsp3) is 0. The van der Waals surface area contributed by atoms with Crippen molar-refractivity contribution in [2.75, 3.05) is 10.6 Å². The number of benzene rings is 2. The number of anilines is 2. The molecule has 0 aliphatic rings. The molecule has 0 aliphatic heterocycles. The van der Waals surface area contributed by atoms with Crippen LogP contribution < -0.4 is 16.4 Å². The van der Waals surface area contributed by atoms with Crippen LogP contribution in [0.1, 0.15) is 10.5 Å². The smallest absolute Gasteiger partial charge is 0.316 e. The Labute approximate surface area is 138 Å². The summed E-state index contributed by atoms with van der Waals surface area (Å²) in [5, 5.41) is 5.24. The largest absolute Gasteiger partial charge is 0.351 e. The van der Waals surface area contributed by atoms with Crippen LogP contribution in [-0.4, -0.2) is 21.5 Å². The number of primary amides is 1. The van der Waals surface area contributed by atoms with Gasteiger partial charge in [0.2, 0.25) is 0 Å². The molecule has 4 N–H and O–H groups in total. The van der Waals surface area contributed by atoms with Crippen molar-refractivity contribution in [3.05, 3.63) is 72.8 Å². The number of imidazole rings is 1. The topological polar surface area (TPSA) is 102 Å². The van der Waals surface area contributed by atoms with Gasteiger partial charge in [0, 0.05) is 17.1 Å². The summed E-state index contributed by atoms with van der Waals surface area (Å²) in [4.78, 5) is 27.5. The highest BCUT2D eigenvalue weighted by Crippen LogP contribution is 2.17. The first-order chi connectivity index (χ1) is 11.6. The average molecular weight is 321 g/mol. The van der Waals surface area contributed by atoms with Gasteiger partial charge in [0.05, 0.1) is 12.5 Å². The summed E-state index contributed by atoms with van der Waals surface area (Å²) in [6.45, 7) is 0. The molecule has 0 spiro atoms. The second-order valence-corrected chi connectivity index (χ2v) is 5.01. The summed E-state index contributed by atoms with van der Waals surface area (Å²) >= 11 is 0. The number of rotatable bonds is 4. The molecule has 7 heteroatoms. The van der Waals surface area contributed by atoms with E-state index in [1.54, 1.807) is 35.2 Å². The van der Waals surface area contributed by atoms with Gasteiger partial charge in [0.25, 0.3) is 5.91 Å². The Morgan fingerprint density at radius 1 is 0.958 bits per heavy atom. The zero-order chi connectivity index (χ0) is 16.9. The van der Waals surface area contributed by atoms with Crippen molar-refractivity contribution < 1.29 is 9.59 Å². The number of hydrogen-bond donors (Lipinski definition) is 3. The molecule has 3 rings (SSSR count). The van der Waals surface area contributed by atoms with E-state index in [1.165, 1.54) is 6.20 Å². The predicted octanol–water partition coefficient (Wildman–Crippen LogP) is 2.62. The van der Waals surface area contributed by atoms with Crippen LogP contribution in [0.3, 0.4) is 0 Å². The van der Waals surface area contributed by atoms with Crippen molar-refractivity contribution in [3.8, 4) is 5.69 Å². The standard InChI is InChI=1S/C17H15N5O2/c18-17(24)21-13-6-4-5-12(9-13)20-16(23)15-10-19-11-22(15)14-7-2-1-3-8-14/h1-11H,(H,20,23)(H3,18,21,24). The lowest BCUT2D eigenvalue weighted by Crippen LogP contribution is -2.19. The fourth-order valence-corrected chi connectivity index (χ4v) is 2.27. The second kappa shape index (κ2) is 6.66. The maximum atomic E-state index is 12.5. The van der Waals surface area contributed by atoms with Crippen LogP contribution in [0, 0.1) is 0 Å². The number of nitrogens with two attached hydrogens (primary N) is 1. The zero-order valence-electron chi connectivity index (χ0n) is 12.6. The third-order valence-corrected chi connectivity index (χ3v) is 3.29. The number of amides is 3. The minimum Gasteiger partial charge on any atom is -0.351 e. The van der Waals surface area contributed by atoms with Crippen molar-refractivity contribution >= 4 is 23.3 Å². The third-order valence-electron chi connectivity index (χ3n) is 3.29. The van der Waals surface area contributed by atoms with Crippen molar-refractivity contribution in [3.63, 3.8) is 0 Å². The van der Waals surface area contributed by atoms with E-state index >= 15 is 0 Å². The van der Waals surface area contributed by atoms with Gasteiger partial charge in [-0.3, -0.25) is 9.36 Å². The number of carbonyl (C=O) groups excluding carboxylic acids is 2. The highest BCUT2D eigenvalue weighted by Gasteiger charge is 2.13. The van der Waals surface area contributed by atoms with E-state index in [9.17, 15) is 9.59 Å². The Bertz CT molecular complexity index is 873. The summed E-state index contributed by atoms with van der Waals surface area (Å²) in [7, 11) is 0. The molecule has 0 unspecified atom stereocenters. The maximum Gasteiger partial charge on any atom is 0.316 e. The Kier molecular flexibility index (Phi) is 4.24. The number of nitrogens with zero attached hydrogens (tertiary/aromatic N) is 2. The average Bonchev–Trinajstić information content (AvgIpc) is 3.05. The van der Waals surface area contributed by atoms with Gasteiger partial charge in [-0.25, -0.2) is 9.78 Å². The highest BCUT2D eigenvalue weighted by atomic mass is 16.2. The Hall–Kier alpha value is -3.61. The van der Waals surface area contributed by atoms with Gasteiger partial charge in [-0.1, -0.05) is 24.3 Å². The van der Waals surface area contributed by atoms with Crippen molar-refractivity contribution in [1.29, 1.82) is 0 Å². The molecule has 2 aromatic carbocycles. The van der Waals surface area contributed by atoms with E-state index in [4.69, 9.17) is 5.73 Å². The van der Waals surface area contributed by atoms with Crippen LogP contribution in [-0.2, 0) is 0 Å². The molecule has 7 nitrogen and oxygen atoms in total.